The fourth-order valence-electron chi connectivity index (χ4n) is 4.96. The summed E-state index contributed by atoms with van der Waals surface area (Å²) in [5.41, 5.74) is 2.46. The number of benzene rings is 1. The monoisotopic (exact) mass is 473 g/mol. The summed E-state index contributed by atoms with van der Waals surface area (Å²) in [6.45, 7) is 4.92. The maximum Gasteiger partial charge on any atom is 0.281 e. The van der Waals surface area contributed by atoms with Crippen molar-refractivity contribution in [2.24, 2.45) is 5.92 Å². The lowest BCUT2D eigenvalue weighted by Crippen LogP contribution is -2.46. The molecule has 1 aromatic heterocycles. The molecule has 2 fully saturated rings. The molecule has 9 heteroatoms. The number of rotatable bonds is 7. The molecule has 0 atom stereocenters. The van der Waals surface area contributed by atoms with E-state index >= 15 is 0 Å². The Morgan fingerprint density at radius 1 is 0.970 bits per heavy atom. The van der Waals surface area contributed by atoms with Gasteiger partial charge in [-0.25, -0.2) is 0 Å². The first kappa shape index (κ1) is 22.6. The summed E-state index contributed by atoms with van der Waals surface area (Å²) in [7, 11) is -3.33. The molecular weight excluding hydrogens is 442 g/mol. The second kappa shape index (κ2) is 9.58. The first-order chi connectivity index (χ1) is 16.0. The molecule has 3 aliphatic heterocycles. The van der Waals surface area contributed by atoms with Gasteiger partial charge in [0.05, 0.1) is 13.2 Å². The van der Waals surface area contributed by atoms with Crippen LogP contribution in [0.4, 0.5) is 0 Å². The number of piperidine rings is 1. The zero-order chi connectivity index (χ0) is 22.8. The van der Waals surface area contributed by atoms with Crippen LogP contribution < -0.4 is 10.2 Å². The Bertz CT molecular complexity index is 1110. The van der Waals surface area contributed by atoms with Gasteiger partial charge in [-0.1, -0.05) is 24.3 Å². The Balaban J connectivity index is 1.10. The molecule has 0 N–H and O–H groups in total. The molecular formula is C24H31N3O5S. The Hall–Kier alpha value is -2.20. The molecule has 0 radical (unpaired) electrons. The minimum atomic E-state index is -3.33. The van der Waals surface area contributed by atoms with Crippen molar-refractivity contribution in [1.82, 2.24) is 13.5 Å². The molecule has 0 amide bonds. The van der Waals surface area contributed by atoms with E-state index in [-0.39, 0.29) is 17.1 Å². The lowest BCUT2D eigenvalue weighted by molar-refractivity contribution is 0.176. The molecule has 2 saturated heterocycles. The van der Waals surface area contributed by atoms with Crippen LogP contribution >= 0.6 is 0 Å². The smallest absolute Gasteiger partial charge is 0.281 e. The molecule has 0 bridgehead atoms. The van der Waals surface area contributed by atoms with Crippen molar-refractivity contribution in [1.29, 1.82) is 0 Å². The maximum absolute atomic E-state index is 12.7. The predicted octanol–water partition coefficient (Wildman–Crippen LogP) is 2.59. The van der Waals surface area contributed by atoms with Crippen molar-refractivity contribution in [3.63, 3.8) is 0 Å². The molecule has 5 rings (SSSR count). The number of hydrogen-bond acceptors (Lipinski definition) is 6. The Morgan fingerprint density at radius 3 is 2.24 bits per heavy atom. The largest absolute Gasteiger partial charge is 0.486 e. The molecule has 2 aromatic rings. The third-order valence-electron chi connectivity index (χ3n) is 6.90. The van der Waals surface area contributed by atoms with E-state index in [0.717, 1.165) is 38.8 Å². The van der Waals surface area contributed by atoms with E-state index in [2.05, 4.69) is 17.0 Å². The van der Waals surface area contributed by atoms with Crippen LogP contribution in [-0.4, -0.2) is 54.7 Å². The average molecular weight is 474 g/mol. The summed E-state index contributed by atoms with van der Waals surface area (Å²) in [6.07, 6.45) is 4.75. The van der Waals surface area contributed by atoms with Gasteiger partial charge in [-0.3, -0.25) is 9.69 Å². The summed E-state index contributed by atoms with van der Waals surface area (Å²) in [5, 5.41) is 0. The molecule has 1 aromatic carbocycles. The van der Waals surface area contributed by atoms with Gasteiger partial charge in [0, 0.05) is 45.3 Å². The highest BCUT2D eigenvalue weighted by Gasteiger charge is 2.34. The number of nitrogens with zero attached hydrogens (tertiary/aromatic N) is 3. The Morgan fingerprint density at radius 2 is 1.61 bits per heavy atom. The quantitative estimate of drug-likeness (QED) is 0.615. The van der Waals surface area contributed by atoms with E-state index in [4.69, 9.17) is 9.15 Å². The van der Waals surface area contributed by atoms with Gasteiger partial charge in [0.25, 0.3) is 10.2 Å². The maximum atomic E-state index is 12.7. The number of hydrogen-bond donors (Lipinski definition) is 0. The third kappa shape index (κ3) is 5.01. The van der Waals surface area contributed by atoms with Crippen LogP contribution in [0.2, 0.25) is 0 Å². The van der Waals surface area contributed by atoms with Crippen LogP contribution in [0.15, 0.2) is 45.8 Å². The van der Waals surface area contributed by atoms with E-state index in [9.17, 15) is 13.2 Å². The second-order valence-electron chi connectivity index (χ2n) is 9.26. The summed E-state index contributed by atoms with van der Waals surface area (Å²) >= 11 is 0. The van der Waals surface area contributed by atoms with Gasteiger partial charge in [0.15, 0.2) is 0 Å². The van der Waals surface area contributed by atoms with E-state index < -0.39 is 10.2 Å². The molecule has 3 aliphatic rings. The lowest BCUT2D eigenvalue weighted by atomic mass is 9.99. The number of fused-ring (bicyclic) bond motifs is 1. The van der Waals surface area contributed by atoms with E-state index in [1.165, 1.54) is 23.5 Å². The standard InChI is InChI=1S/C24H31N3O5S/c28-23-13-22(16-25-14-20-5-1-2-6-21(20)15-25)31-18-24(23)32-17-19-7-11-27(12-8-19)33(29,30)26-9-3-4-10-26/h1-2,5-6,13,18-19H,3-4,7-12,14-17H2. The number of ether oxygens (including phenoxy) is 1. The van der Waals surface area contributed by atoms with Crippen molar-refractivity contribution >= 4 is 10.2 Å². The highest BCUT2D eigenvalue weighted by atomic mass is 32.2. The molecule has 8 nitrogen and oxygen atoms in total. The fourth-order valence-corrected chi connectivity index (χ4v) is 6.68. The van der Waals surface area contributed by atoms with Crippen LogP contribution in [0.3, 0.4) is 0 Å². The van der Waals surface area contributed by atoms with Gasteiger partial charge in [-0.15, -0.1) is 0 Å². The van der Waals surface area contributed by atoms with Crippen LogP contribution in [0.1, 0.15) is 42.6 Å². The van der Waals surface area contributed by atoms with Gasteiger partial charge >= 0.3 is 0 Å². The van der Waals surface area contributed by atoms with Crippen molar-refractivity contribution in [3.05, 3.63) is 63.7 Å². The fraction of sp³-hybridized carbons (Fsp3) is 0.542. The Kier molecular flexibility index (Phi) is 6.56. The average Bonchev–Trinajstić information content (AvgIpc) is 3.49. The summed E-state index contributed by atoms with van der Waals surface area (Å²) < 4.78 is 40.1. The van der Waals surface area contributed by atoms with Crippen LogP contribution in [0.5, 0.6) is 5.75 Å². The zero-order valence-corrected chi connectivity index (χ0v) is 19.6. The predicted molar refractivity (Wildman–Crippen MR) is 124 cm³/mol. The first-order valence-corrected chi connectivity index (χ1v) is 13.2. The van der Waals surface area contributed by atoms with Crippen molar-refractivity contribution in [3.8, 4) is 5.75 Å². The van der Waals surface area contributed by atoms with Gasteiger partial charge in [0.1, 0.15) is 12.0 Å². The zero-order valence-electron chi connectivity index (χ0n) is 18.8. The van der Waals surface area contributed by atoms with E-state index in [0.29, 0.717) is 45.1 Å². The van der Waals surface area contributed by atoms with Crippen molar-refractivity contribution in [2.75, 3.05) is 32.8 Å². The van der Waals surface area contributed by atoms with Crippen molar-refractivity contribution < 1.29 is 17.6 Å². The molecule has 4 heterocycles. The normalized spacial score (nSPS) is 20.8. The summed E-state index contributed by atoms with van der Waals surface area (Å²) in [6, 6.07) is 9.88. The van der Waals surface area contributed by atoms with Crippen LogP contribution in [0.25, 0.3) is 0 Å². The topological polar surface area (TPSA) is 83.3 Å². The first-order valence-electron chi connectivity index (χ1n) is 11.8. The summed E-state index contributed by atoms with van der Waals surface area (Å²) in [5.74, 6) is 1.06. The molecule has 0 saturated carbocycles. The molecule has 33 heavy (non-hydrogen) atoms. The second-order valence-corrected chi connectivity index (χ2v) is 11.2. The Labute approximate surface area is 194 Å². The van der Waals surface area contributed by atoms with Crippen LogP contribution in [0, 0.1) is 5.92 Å². The minimum absolute atomic E-state index is 0.179. The van der Waals surface area contributed by atoms with Crippen molar-refractivity contribution in [2.45, 2.75) is 45.3 Å². The lowest BCUT2D eigenvalue weighted by Gasteiger charge is -2.33. The highest BCUT2D eigenvalue weighted by molar-refractivity contribution is 7.86. The molecule has 0 spiro atoms. The van der Waals surface area contributed by atoms with Gasteiger partial charge in [-0.2, -0.15) is 17.0 Å². The molecule has 178 valence electrons. The summed E-state index contributed by atoms with van der Waals surface area (Å²) in [4.78, 5) is 14.8. The van der Waals surface area contributed by atoms with Gasteiger partial charge < -0.3 is 9.15 Å². The van der Waals surface area contributed by atoms with E-state index in [1.54, 1.807) is 8.61 Å². The minimum Gasteiger partial charge on any atom is -0.486 e. The SMILES string of the molecule is O=c1cc(CN2Cc3ccccc3C2)occ1OCC1CCN(S(=O)(=O)N2CCCC2)CC1. The van der Waals surface area contributed by atoms with E-state index in [1.807, 2.05) is 12.1 Å². The van der Waals surface area contributed by atoms with Gasteiger partial charge in [0.2, 0.25) is 11.2 Å². The highest BCUT2D eigenvalue weighted by Crippen LogP contribution is 2.25. The van der Waals surface area contributed by atoms with Crippen LogP contribution in [-0.2, 0) is 29.8 Å². The molecule has 0 aliphatic carbocycles. The molecule has 0 unspecified atom stereocenters. The third-order valence-corrected chi connectivity index (χ3v) is 8.94. The van der Waals surface area contributed by atoms with Gasteiger partial charge in [-0.05, 0) is 42.7 Å².